The van der Waals surface area contributed by atoms with Crippen molar-refractivity contribution in [3.05, 3.63) is 64.7 Å². The zero-order valence-electron chi connectivity index (χ0n) is 17.1. The number of carbonyl (C=O) groups excluding carboxylic acids is 4. The number of esters is 1. The van der Waals surface area contributed by atoms with Gasteiger partial charge in [-0.3, -0.25) is 19.3 Å². The molecule has 2 heterocycles. The van der Waals surface area contributed by atoms with Crippen molar-refractivity contribution in [2.45, 2.75) is 12.8 Å². The molecule has 31 heavy (non-hydrogen) atoms. The Kier molecular flexibility index (Phi) is 5.81. The standard InChI is InChI=1S/C23H22N2O6/c1-30-12-4-10-25-21(27)17-8-7-16(13-18(17)22(25)28)23(29)31-14-20(26)24-11-9-15-5-2-3-6-19(15)24/h2-3,5-8,13H,4,9-12,14H2,1H3. The fourth-order valence-electron chi connectivity index (χ4n) is 3.87. The molecule has 3 amide bonds. The van der Waals surface area contributed by atoms with Gasteiger partial charge in [0.2, 0.25) is 0 Å². The maximum absolute atomic E-state index is 12.6. The molecule has 0 unspecified atom stereocenters. The van der Waals surface area contributed by atoms with Crippen molar-refractivity contribution in [3.63, 3.8) is 0 Å². The number of amides is 3. The Morgan fingerprint density at radius 3 is 2.61 bits per heavy atom. The fraction of sp³-hybridized carbons (Fsp3) is 0.304. The summed E-state index contributed by atoms with van der Waals surface area (Å²) in [7, 11) is 1.55. The summed E-state index contributed by atoms with van der Waals surface area (Å²) in [6.07, 6.45) is 1.29. The molecule has 8 nitrogen and oxygen atoms in total. The predicted molar refractivity (Wildman–Crippen MR) is 111 cm³/mol. The lowest BCUT2D eigenvalue weighted by Crippen LogP contribution is -2.33. The fourth-order valence-corrected chi connectivity index (χ4v) is 3.87. The molecule has 0 aliphatic carbocycles. The highest BCUT2D eigenvalue weighted by atomic mass is 16.5. The number of methoxy groups -OCH3 is 1. The van der Waals surface area contributed by atoms with Gasteiger partial charge in [0, 0.05) is 32.5 Å². The van der Waals surface area contributed by atoms with E-state index < -0.39 is 18.5 Å². The molecule has 2 aliphatic heterocycles. The molecular formula is C23H22N2O6. The SMILES string of the molecule is COCCCN1C(=O)c2ccc(C(=O)OCC(=O)N3CCc4ccccc43)cc2C1=O. The van der Waals surface area contributed by atoms with Crippen LogP contribution in [0, 0.1) is 0 Å². The van der Waals surface area contributed by atoms with Gasteiger partial charge in [-0.15, -0.1) is 0 Å². The van der Waals surface area contributed by atoms with Crippen LogP contribution in [0.1, 0.15) is 43.1 Å². The number of carbonyl (C=O) groups is 4. The van der Waals surface area contributed by atoms with Gasteiger partial charge in [0.25, 0.3) is 17.7 Å². The van der Waals surface area contributed by atoms with E-state index in [1.54, 1.807) is 12.0 Å². The van der Waals surface area contributed by atoms with Gasteiger partial charge in [0.05, 0.1) is 16.7 Å². The van der Waals surface area contributed by atoms with E-state index in [2.05, 4.69) is 0 Å². The smallest absolute Gasteiger partial charge is 0.338 e. The number of nitrogens with zero attached hydrogens (tertiary/aromatic N) is 2. The van der Waals surface area contributed by atoms with Gasteiger partial charge in [0.15, 0.2) is 6.61 Å². The van der Waals surface area contributed by atoms with Crippen LogP contribution < -0.4 is 4.90 Å². The largest absolute Gasteiger partial charge is 0.452 e. The number of fused-ring (bicyclic) bond motifs is 2. The number of para-hydroxylation sites is 1. The lowest BCUT2D eigenvalue weighted by molar-refractivity contribution is -0.121. The van der Waals surface area contributed by atoms with Crippen LogP contribution >= 0.6 is 0 Å². The van der Waals surface area contributed by atoms with Crippen LogP contribution in [0.2, 0.25) is 0 Å². The van der Waals surface area contributed by atoms with Gasteiger partial charge in [-0.05, 0) is 42.7 Å². The van der Waals surface area contributed by atoms with E-state index in [-0.39, 0.29) is 35.0 Å². The maximum atomic E-state index is 12.6. The molecule has 0 saturated carbocycles. The second kappa shape index (κ2) is 8.69. The molecule has 2 aliphatic rings. The molecule has 0 atom stereocenters. The molecule has 8 heteroatoms. The highest BCUT2D eigenvalue weighted by Crippen LogP contribution is 2.28. The van der Waals surface area contributed by atoms with Crippen LogP contribution in [-0.2, 0) is 20.7 Å². The number of hydrogen-bond acceptors (Lipinski definition) is 6. The molecule has 2 aromatic rings. The molecule has 0 spiro atoms. The Labute approximate surface area is 179 Å². The summed E-state index contributed by atoms with van der Waals surface area (Å²) in [5.41, 5.74) is 2.45. The normalized spacial score (nSPS) is 14.6. The molecule has 0 radical (unpaired) electrons. The zero-order chi connectivity index (χ0) is 22.0. The van der Waals surface area contributed by atoms with Crippen LogP contribution in [0.4, 0.5) is 5.69 Å². The van der Waals surface area contributed by atoms with Crippen molar-refractivity contribution in [1.29, 1.82) is 0 Å². The lowest BCUT2D eigenvalue weighted by atomic mass is 10.1. The number of imide groups is 1. The first-order valence-electron chi connectivity index (χ1n) is 10.1. The van der Waals surface area contributed by atoms with E-state index in [1.807, 2.05) is 24.3 Å². The van der Waals surface area contributed by atoms with Crippen LogP contribution in [0.15, 0.2) is 42.5 Å². The summed E-state index contributed by atoms with van der Waals surface area (Å²) >= 11 is 0. The Morgan fingerprint density at radius 1 is 1.03 bits per heavy atom. The minimum atomic E-state index is -0.721. The Morgan fingerprint density at radius 2 is 1.81 bits per heavy atom. The van der Waals surface area contributed by atoms with Gasteiger partial charge in [-0.2, -0.15) is 0 Å². The van der Waals surface area contributed by atoms with E-state index in [9.17, 15) is 19.2 Å². The zero-order valence-corrected chi connectivity index (χ0v) is 17.1. The van der Waals surface area contributed by atoms with E-state index in [1.165, 1.54) is 18.2 Å². The van der Waals surface area contributed by atoms with E-state index in [4.69, 9.17) is 9.47 Å². The second-order valence-corrected chi connectivity index (χ2v) is 7.37. The second-order valence-electron chi connectivity index (χ2n) is 7.37. The summed E-state index contributed by atoms with van der Waals surface area (Å²) < 4.78 is 10.1. The number of hydrogen-bond donors (Lipinski definition) is 0. The van der Waals surface area contributed by atoms with Gasteiger partial charge in [-0.25, -0.2) is 4.79 Å². The highest BCUT2D eigenvalue weighted by Gasteiger charge is 2.35. The summed E-state index contributed by atoms with van der Waals surface area (Å²) in [6.45, 7) is 0.816. The summed E-state index contributed by atoms with van der Waals surface area (Å²) in [4.78, 5) is 52.8. The topological polar surface area (TPSA) is 93.2 Å². The van der Waals surface area contributed by atoms with Crippen LogP contribution in [0.5, 0.6) is 0 Å². The monoisotopic (exact) mass is 422 g/mol. The average Bonchev–Trinajstić information content (AvgIpc) is 3.32. The van der Waals surface area contributed by atoms with E-state index in [0.717, 1.165) is 22.6 Å². The quantitative estimate of drug-likeness (QED) is 0.385. The third-order valence-corrected chi connectivity index (χ3v) is 5.45. The number of rotatable bonds is 7. The van der Waals surface area contributed by atoms with Crippen molar-refractivity contribution in [1.82, 2.24) is 4.90 Å². The Bertz CT molecular complexity index is 1060. The first kappa shape index (κ1) is 20.7. The van der Waals surface area contributed by atoms with E-state index >= 15 is 0 Å². The number of anilines is 1. The third-order valence-electron chi connectivity index (χ3n) is 5.45. The average molecular weight is 422 g/mol. The molecule has 4 rings (SSSR count). The molecule has 0 fully saturated rings. The third kappa shape index (κ3) is 3.94. The highest BCUT2D eigenvalue weighted by molar-refractivity contribution is 6.22. The van der Waals surface area contributed by atoms with Crippen LogP contribution in [-0.4, -0.2) is 62.0 Å². The van der Waals surface area contributed by atoms with Gasteiger partial charge < -0.3 is 14.4 Å². The van der Waals surface area contributed by atoms with E-state index in [0.29, 0.717) is 19.6 Å². The van der Waals surface area contributed by atoms with Gasteiger partial charge in [0.1, 0.15) is 0 Å². The lowest BCUT2D eigenvalue weighted by Gasteiger charge is -2.17. The van der Waals surface area contributed by atoms with Gasteiger partial charge >= 0.3 is 5.97 Å². The molecule has 0 saturated heterocycles. The molecule has 0 bridgehead atoms. The molecule has 160 valence electrons. The predicted octanol–water partition coefficient (Wildman–Crippen LogP) is 2.07. The first-order chi connectivity index (χ1) is 15.0. The number of benzene rings is 2. The van der Waals surface area contributed by atoms with Crippen molar-refractivity contribution < 1.29 is 28.7 Å². The van der Waals surface area contributed by atoms with Crippen molar-refractivity contribution in [3.8, 4) is 0 Å². The molecular weight excluding hydrogens is 400 g/mol. The number of ether oxygens (including phenoxy) is 2. The van der Waals surface area contributed by atoms with Crippen molar-refractivity contribution >= 4 is 29.4 Å². The van der Waals surface area contributed by atoms with Crippen LogP contribution in [0.25, 0.3) is 0 Å². The summed E-state index contributed by atoms with van der Waals surface area (Å²) in [6, 6.07) is 11.8. The minimum Gasteiger partial charge on any atom is -0.452 e. The van der Waals surface area contributed by atoms with Crippen LogP contribution in [0.3, 0.4) is 0 Å². The molecule has 0 N–H and O–H groups in total. The first-order valence-corrected chi connectivity index (χ1v) is 10.1. The van der Waals surface area contributed by atoms with Gasteiger partial charge in [-0.1, -0.05) is 18.2 Å². The molecule has 2 aromatic carbocycles. The minimum absolute atomic E-state index is 0.119. The van der Waals surface area contributed by atoms with Crippen molar-refractivity contribution in [2.24, 2.45) is 0 Å². The Balaban J connectivity index is 1.40. The Hall–Kier alpha value is -3.52. The summed E-state index contributed by atoms with van der Waals surface area (Å²) in [5.74, 6) is -1.87. The van der Waals surface area contributed by atoms with Crippen molar-refractivity contribution in [2.75, 3.05) is 38.3 Å². The molecule has 0 aromatic heterocycles. The maximum Gasteiger partial charge on any atom is 0.338 e. The summed E-state index contributed by atoms with van der Waals surface area (Å²) in [5, 5.41) is 0.